The molecule has 0 bridgehead atoms. The van der Waals surface area contributed by atoms with Crippen molar-refractivity contribution >= 4 is 11.8 Å². The van der Waals surface area contributed by atoms with E-state index in [2.05, 4.69) is 29.4 Å². The Bertz CT molecular complexity index is 332. The third-order valence-corrected chi connectivity index (χ3v) is 4.05. The van der Waals surface area contributed by atoms with E-state index in [0.29, 0.717) is 18.5 Å². The Morgan fingerprint density at radius 1 is 1.11 bits per heavy atom. The molecule has 0 spiro atoms. The molecule has 1 aliphatic heterocycles. The Morgan fingerprint density at radius 2 is 1.74 bits per heavy atom. The third kappa shape index (κ3) is 4.49. The Labute approximate surface area is 115 Å². The molecule has 0 radical (unpaired) electrons. The number of amides is 2. The maximum atomic E-state index is 11.6. The average molecular weight is 267 g/mol. The predicted molar refractivity (Wildman–Crippen MR) is 73.6 cm³/mol. The van der Waals surface area contributed by atoms with Gasteiger partial charge in [0.25, 0.3) is 0 Å². The lowest BCUT2D eigenvalue weighted by Gasteiger charge is -2.34. The van der Waals surface area contributed by atoms with Crippen LogP contribution in [0.15, 0.2) is 0 Å². The topological polar surface area (TPSA) is 61.4 Å². The summed E-state index contributed by atoms with van der Waals surface area (Å²) in [7, 11) is 0. The van der Waals surface area contributed by atoms with Crippen LogP contribution in [-0.2, 0) is 9.59 Å². The molecular weight excluding hydrogens is 242 g/mol. The number of likely N-dealkylation sites (tertiary alicyclic amines) is 1. The normalized spacial score (nSPS) is 21.4. The predicted octanol–water partition coefficient (Wildman–Crippen LogP) is 0.502. The lowest BCUT2D eigenvalue weighted by atomic mass is 9.96. The van der Waals surface area contributed by atoms with Crippen LogP contribution < -0.4 is 10.6 Å². The zero-order valence-electron chi connectivity index (χ0n) is 11.9. The van der Waals surface area contributed by atoms with Crippen molar-refractivity contribution in [2.75, 3.05) is 19.6 Å². The molecule has 0 unspecified atom stereocenters. The molecule has 19 heavy (non-hydrogen) atoms. The molecule has 0 aromatic heterocycles. The Balaban J connectivity index is 1.62. The summed E-state index contributed by atoms with van der Waals surface area (Å²) in [6.45, 7) is 7.23. The fourth-order valence-corrected chi connectivity index (χ4v) is 2.47. The number of nitrogens with zero attached hydrogens (tertiary/aromatic N) is 1. The third-order valence-electron chi connectivity index (χ3n) is 4.05. The van der Waals surface area contributed by atoms with E-state index in [1.165, 1.54) is 0 Å². The second-order valence-electron chi connectivity index (χ2n) is 6.03. The van der Waals surface area contributed by atoms with Gasteiger partial charge in [-0.25, -0.2) is 0 Å². The number of hydrogen-bond acceptors (Lipinski definition) is 3. The zero-order chi connectivity index (χ0) is 13.8. The summed E-state index contributed by atoms with van der Waals surface area (Å²) in [5.41, 5.74) is 0. The van der Waals surface area contributed by atoms with Gasteiger partial charge in [0.15, 0.2) is 0 Å². The molecule has 0 aromatic carbocycles. The van der Waals surface area contributed by atoms with Crippen molar-refractivity contribution in [3.05, 3.63) is 0 Å². The SMILES string of the molecule is CC(C)N1CCC(CNC(=O)C(=O)NC2CC2)CC1. The molecule has 5 heteroatoms. The van der Waals surface area contributed by atoms with Gasteiger partial charge in [-0.05, 0) is 58.5 Å². The standard InChI is InChI=1S/C14H25N3O2/c1-10(2)17-7-5-11(6-8-17)9-15-13(18)14(19)16-12-3-4-12/h10-12H,3-9H2,1-2H3,(H,15,18)(H,16,19). The first kappa shape index (κ1) is 14.3. The summed E-state index contributed by atoms with van der Waals surface area (Å²) < 4.78 is 0. The van der Waals surface area contributed by atoms with Crippen molar-refractivity contribution in [1.29, 1.82) is 0 Å². The summed E-state index contributed by atoms with van der Waals surface area (Å²) >= 11 is 0. The van der Waals surface area contributed by atoms with Crippen LogP contribution in [0.4, 0.5) is 0 Å². The van der Waals surface area contributed by atoms with Crippen molar-refractivity contribution < 1.29 is 9.59 Å². The number of piperidine rings is 1. The minimum absolute atomic E-state index is 0.243. The fourth-order valence-electron chi connectivity index (χ4n) is 2.47. The highest BCUT2D eigenvalue weighted by Crippen LogP contribution is 2.19. The van der Waals surface area contributed by atoms with E-state index in [4.69, 9.17) is 0 Å². The van der Waals surface area contributed by atoms with E-state index >= 15 is 0 Å². The quantitative estimate of drug-likeness (QED) is 0.729. The summed E-state index contributed by atoms with van der Waals surface area (Å²) in [5, 5.41) is 5.46. The molecule has 2 N–H and O–H groups in total. The highest BCUT2D eigenvalue weighted by molar-refractivity contribution is 6.35. The van der Waals surface area contributed by atoms with Gasteiger partial charge in [0.05, 0.1) is 0 Å². The minimum Gasteiger partial charge on any atom is -0.348 e. The molecule has 5 nitrogen and oxygen atoms in total. The fraction of sp³-hybridized carbons (Fsp3) is 0.857. The van der Waals surface area contributed by atoms with Crippen molar-refractivity contribution in [1.82, 2.24) is 15.5 Å². The number of nitrogens with one attached hydrogen (secondary N) is 2. The zero-order valence-corrected chi connectivity index (χ0v) is 11.9. The van der Waals surface area contributed by atoms with Crippen LogP contribution >= 0.6 is 0 Å². The van der Waals surface area contributed by atoms with Crippen LogP contribution in [0.1, 0.15) is 39.5 Å². The summed E-state index contributed by atoms with van der Waals surface area (Å²) in [4.78, 5) is 25.5. The van der Waals surface area contributed by atoms with Crippen molar-refractivity contribution in [2.24, 2.45) is 5.92 Å². The monoisotopic (exact) mass is 267 g/mol. The van der Waals surface area contributed by atoms with Crippen LogP contribution in [0.25, 0.3) is 0 Å². The molecule has 1 saturated heterocycles. The minimum atomic E-state index is -0.474. The smallest absolute Gasteiger partial charge is 0.309 e. The van der Waals surface area contributed by atoms with Gasteiger partial charge in [0.1, 0.15) is 0 Å². The number of carbonyl (C=O) groups is 2. The largest absolute Gasteiger partial charge is 0.348 e. The van der Waals surface area contributed by atoms with E-state index in [1.807, 2.05) is 0 Å². The maximum absolute atomic E-state index is 11.6. The maximum Gasteiger partial charge on any atom is 0.309 e. The lowest BCUT2D eigenvalue weighted by Crippen LogP contribution is -2.45. The van der Waals surface area contributed by atoms with E-state index in [1.54, 1.807) is 0 Å². The summed E-state index contributed by atoms with van der Waals surface area (Å²) in [6, 6.07) is 0.840. The van der Waals surface area contributed by atoms with E-state index < -0.39 is 11.8 Å². The highest BCUT2D eigenvalue weighted by Gasteiger charge is 2.27. The number of hydrogen-bond donors (Lipinski definition) is 2. The van der Waals surface area contributed by atoms with Crippen LogP contribution in [0.3, 0.4) is 0 Å². The molecule has 0 aromatic rings. The average Bonchev–Trinajstić information content (AvgIpc) is 3.20. The van der Waals surface area contributed by atoms with Crippen LogP contribution in [0.5, 0.6) is 0 Å². The molecule has 1 heterocycles. The molecule has 2 fully saturated rings. The van der Waals surface area contributed by atoms with Crippen molar-refractivity contribution in [2.45, 2.75) is 51.6 Å². The number of rotatable bonds is 4. The van der Waals surface area contributed by atoms with Gasteiger partial charge >= 0.3 is 11.8 Å². The Morgan fingerprint density at radius 3 is 2.26 bits per heavy atom. The van der Waals surface area contributed by atoms with Gasteiger partial charge in [0, 0.05) is 18.6 Å². The van der Waals surface area contributed by atoms with Gasteiger partial charge in [0.2, 0.25) is 0 Å². The first-order valence-corrected chi connectivity index (χ1v) is 7.39. The van der Waals surface area contributed by atoms with E-state index in [-0.39, 0.29) is 6.04 Å². The Hall–Kier alpha value is -1.10. The van der Waals surface area contributed by atoms with Crippen LogP contribution in [0.2, 0.25) is 0 Å². The van der Waals surface area contributed by atoms with E-state index in [9.17, 15) is 9.59 Å². The second-order valence-corrected chi connectivity index (χ2v) is 6.03. The summed E-state index contributed by atoms with van der Waals surface area (Å²) in [5.74, 6) is -0.437. The van der Waals surface area contributed by atoms with Gasteiger partial charge < -0.3 is 15.5 Å². The molecule has 2 amide bonds. The van der Waals surface area contributed by atoms with Crippen LogP contribution in [0, 0.1) is 5.92 Å². The molecule has 2 rings (SSSR count). The molecule has 2 aliphatic rings. The van der Waals surface area contributed by atoms with Gasteiger partial charge in [-0.1, -0.05) is 0 Å². The van der Waals surface area contributed by atoms with Gasteiger partial charge in [-0.15, -0.1) is 0 Å². The molecule has 1 saturated carbocycles. The van der Waals surface area contributed by atoms with Crippen molar-refractivity contribution in [3.8, 4) is 0 Å². The lowest BCUT2D eigenvalue weighted by molar-refractivity contribution is -0.139. The first-order chi connectivity index (χ1) is 9.06. The summed E-state index contributed by atoms with van der Waals surface area (Å²) in [6.07, 6.45) is 4.21. The molecule has 108 valence electrons. The van der Waals surface area contributed by atoms with Crippen molar-refractivity contribution in [3.63, 3.8) is 0 Å². The molecule has 0 atom stereocenters. The Kier molecular flexibility index (Phi) is 4.80. The van der Waals surface area contributed by atoms with Crippen LogP contribution in [-0.4, -0.2) is 48.4 Å². The first-order valence-electron chi connectivity index (χ1n) is 7.39. The van der Waals surface area contributed by atoms with E-state index in [0.717, 1.165) is 38.8 Å². The molecular formula is C14H25N3O2. The van der Waals surface area contributed by atoms with Gasteiger partial charge in [-0.2, -0.15) is 0 Å². The highest BCUT2D eigenvalue weighted by atomic mass is 16.2. The molecule has 1 aliphatic carbocycles. The van der Waals surface area contributed by atoms with Gasteiger partial charge in [-0.3, -0.25) is 9.59 Å². The second kappa shape index (κ2) is 6.37. The number of carbonyl (C=O) groups excluding carboxylic acids is 2.